The van der Waals surface area contributed by atoms with Crippen molar-refractivity contribution in [3.05, 3.63) is 53.9 Å². The highest BCUT2D eigenvalue weighted by Crippen LogP contribution is 2.30. The van der Waals surface area contributed by atoms with Crippen LogP contribution in [0.2, 0.25) is 0 Å². The number of nitrogens with zero attached hydrogens (tertiary/aromatic N) is 3. The average molecular weight is 461 g/mol. The molecule has 1 atom stereocenters. The minimum atomic E-state index is -3.55. The van der Waals surface area contributed by atoms with Gasteiger partial charge in [0.05, 0.1) is 25.2 Å². The Balaban J connectivity index is 1.73. The van der Waals surface area contributed by atoms with Gasteiger partial charge in [0, 0.05) is 19.7 Å². The maximum absolute atomic E-state index is 12.6. The van der Waals surface area contributed by atoms with Crippen molar-refractivity contribution < 1.29 is 27.1 Å². The van der Waals surface area contributed by atoms with Gasteiger partial charge in [-0.25, -0.2) is 12.7 Å². The molecule has 0 radical (unpaired) electrons. The van der Waals surface area contributed by atoms with E-state index in [0.29, 0.717) is 17.1 Å². The largest absolute Gasteiger partial charge is 0.493 e. The molecule has 1 N–H and O–H groups in total. The molecule has 0 aliphatic carbocycles. The summed E-state index contributed by atoms with van der Waals surface area (Å²) in [6.07, 6.45) is 0. The van der Waals surface area contributed by atoms with Gasteiger partial charge in [-0.3, -0.25) is 4.79 Å². The molecule has 3 rings (SSSR count). The van der Waals surface area contributed by atoms with E-state index >= 15 is 0 Å². The van der Waals surface area contributed by atoms with E-state index in [1.165, 1.54) is 45.5 Å². The van der Waals surface area contributed by atoms with Crippen LogP contribution in [0.4, 0.5) is 0 Å². The fraction of sp³-hybridized carbons (Fsp3) is 0.286. The summed E-state index contributed by atoms with van der Waals surface area (Å²) in [4.78, 5) is 12.7. The van der Waals surface area contributed by atoms with Crippen molar-refractivity contribution in [2.24, 2.45) is 0 Å². The topological polar surface area (TPSA) is 124 Å². The zero-order chi connectivity index (χ0) is 23.5. The lowest BCUT2D eigenvalue weighted by molar-refractivity contribution is 0.0905. The van der Waals surface area contributed by atoms with Crippen LogP contribution >= 0.6 is 0 Å². The van der Waals surface area contributed by atoms with Crippen LogP contribution in [0.1, 0.15) is 29.2 Å². The minimum Gasteiger partial charge on any atom is -0.493 e. The molecule has 3 aromatic rings. The van der Waals surface area contributed by atoms with Gasteiger partial charge in [-0.15, -0.1) is 10.2 Å². The summed E-state index contributed by atoms with van der Waals surface area (Å²) >= 11 is 0. The van der Waals surface area contributed by atoms with E-state index in [1.807, 2.05) is 6.07 Å². The number of amides is 1. The fourth-order valence-electron chi connectivity index (χ4n) is 2.88. The number of sulfonamides is 1. The Bertz CT molecular complexity index is 1210. The standard InChI is InChI=1S/C21H24N4O6S/c1-13(15-8-11-17(29-4)18(12-15)30-5)22-19(26)21-24-23-20(31-21)14-6-9-16(10-7-14)32(27,28)25(2)3/h6-13H,1-5H3,(H,22,26)/t13-/m0/s1. The van der Waals surface area contributed by atoms with Crippen LogP contribution in [0.5, 0.6) is 11.5 Å². The zero-order valence-electron chi connectivity index (χ0n) is 18.3. The average Bonchev–Trinajstić information content (AvgIpc) is 3.29. The molecule has 1 aromatic heterocycles. The van der Waals surface area contributed by atoms with Crippen molar-refractivity contribution in [1.82, 2.24) is 19.8 Å². The summed E-state index contributed by atoms with van der Waals surface area (Å²) in [5.41, 5.74) is 1.29. The SMILES string of the molecule is COc1ccc([C@H](C)NC(=O)c2nnc(-c3ccc(S(=O)(=O)N(C)C)cc3)o2)cc1OC. The van der Waals surface area contributed by atoms with Gasteiger partial charge in [0.2, 0.25) is 15.9 Å². The molecule has 32 heavy (non-hydrogen) atoms. The molecule has 11 heteroatoms. The molecule has 1 heterocycles. The summed E-state index contributed by atoms with van der Waals surface area (Å²) in [6.45, 7) is 1.81. The molecule has 0 aliphatic heterocycles. The van der Waals surface area contributed by atoms with Crippen molar-refractivity contribution in [3.63, 3.8) is 0 Å². The molecule has 0 bridgehead atoms. The van der Waals surface area contributed by atoms with Gasteiger partial charge in [-0.1, -0.05) is 6.07 Å². The van der Waals surface area contributed by atoms with E-state index in [1.54, 1.807) is 26.2 Å². The van der Waals surface area contributed by atoms with Crippen molar-refractivity contribution in [3.8, 4) is 23.0 Å². The predicted octanol–water partition coefficient (Wildman–Crippen LogP) is 2.50. The quantitative estimate of drug-likeness (QED) is 0.544. The van der Waals surface area contributed by atoms with E-state index < -0.39 is 15.9 Å². The summed E-state index contributed by atoms with van der Waals surface area (Å²) < 4.78 is 41.5. The fourth-order valence-corrected chi connectivity index (χ4v) is 3.78. The van der Waals surface area contributed by atoms with Gasteiger partial charge in [-0.05, 0) is 48.9 Å². The lowest BCUT2D eigenvalue weighted by Crippen LogP contribution is -2.27. The first-order chi connectivity index (χ1) is 15.2. The van der Waals surface area contributed by atoms with Gasteiger partial charge >= 0.3 is 11.8 Å². The Morgan fingerprint density at radius 1 is 1.03 bits per heavy atom. The Labute approximate surface area is 186 Å². The Morgan fingerprint density at radius 2 is 1.69 bits per heavy atom. The maximum atomic E-state index is 12.6. The predicted molar refractivity (Wildman–Crippen MR) is 116 cm³/mol. The highest BCUT2D eigenvalue weighted by Gasteiger charge is 2.21. The van der Waals surface area contributed by atoms with Crippen LogP contribution in [0.15, 0.2) is 51.8 Å². The number of carbonyl (C=O) groups excluding carboxylic acids is 1. The molecule has 0 unspecified atom stereocenters. The number of benzene rings is 2. The van der Waals surface area contributed by atoms with Crippen molar-refractivity contribution in [2.45, 2.75) is 17.9 Å². The third-order valence-corrected chi connectivity index (χ3v) is 6.58. The molecule has 0 saturated heterocycles. The van der Waals surface area contributed by atoms with Crippen LogP contribution in [-0.4, -0.2) is 57.1 Å². The van der Waals surface area contributed by atoms with Crippen molar-refractivity contribution >= 4 is 15.9 Å². The van der Waals surface area contributed by atoms with E-state index in [9.17, 15) is 13.2 Å². The van der Waals surface area contributed by atoms with Crippen molar-refractivity contribution in [2.75, 3.05) is 28.3 Å². The molecule has 0 fully saturated rings. The summed E-state index contributed by atoms with van der Waals surface area (Å²) in [5, 5.41) is 10.5. The second kappa shape index (κ2) is 9.37. The molecule has 2 aromatic carbocycles. The number of hydrogen-bond donors (Lipinski definition) is 1. The monoisotopic (exact) mass is 460 g/mol. The normalized spacial score (nSPS) is 12.4. The molecular weight excluding hydrogens is 436 g/mol. The third kappa shape index (κ3) is 4.73. The molecule has 0 aliphatic rings. The molecular formula is C21H24N4O6S. The second-order valence-electron chi connectivity index (χ2n) is 7.03. The molecule has 1 amide bonds. The minimum absolute atomic E-state index is 0.0997. The summed E-state index contributed by atoms with van der Waals surface area (Å²) in [5.74, 6) is 0.476. The first-order valence-corrected chi connectivity index (χ1v) is 11.0. The highest BCUT2D eigenvalue weighted by molar-refractivity contribution is 7.89. The second-order valence-corrected chi connectivity index (χ2v) is 9.19. The van der Waals surface area contributed by atoms with Crippen molar-refractivity contribution in [1.29, 1.82) is 0 Å². The lowest BCUT2D eigenvalue weighted by atomic mass is 10.1. The van der Waals surface area contributed by atoms with Crippen LogP contribution in [0.3, 0.4) is 0 Å². The van der Waals surface area contributed by atoms with Gasteiger partial charge in [0.1, 0.15) is 0 Å². The molecule has 170 valence electrons. The third-order valence-electron chi connectivity index (χ3n) is 4.75. The van der Waals surface area contributed by atoms with Gasteiger partial charge in [0.25, 0.3) is 0 Å². The highest BCUT2D eigenvalue weighted by atomic mass is 32.2. The van der Waals surface area contributed by atoms with Crippen LogP contribution in [0, 0.1) is 0 Å². The number of hydrogen-bond acceptors (Lipinski definition) is 8. The van der Waals surface area contributed by atoms with Gasteiger partial charge in [-0.2, -0.15) is 0 Å². The molecule has 0 saturated carbocycles. The number of rotatable bonds is 8. The van der Waals surface area contributed by atoms with Crippen LogP contribution < -0.4 is 14.8 Å². The molecule has 0 spiro atoms. The Kier molecular flexibility index (Phi) is 6.80. The van der Waals surface area contributed by atoms with Gasteiger partial charge < -0.3 is 19.2 Å². The number of nitrogens with one attached hydrogen (secondary N) is 1. The van der Waals surface area contributed by atoms with E-state index in [2.05, 4.69) is 15.5 Å². The lowest BCUT2D eigenvalue weighted by Gasteiger charge is -2.15. The summed E-state index contributed by atoms with van der Waals surface area (Å²) in [6, 6.07) is 10.9. The zero-order valence-corrected chi connectivity index (χ0v) is 19.1. The van der Waals surface area contributed by atoms with E-state index in [0.717, 1.165) is 9.87 Å². The molecule has 10 nitrogen and oxygen atoms in total. The number of carbonyl (C=O) groups is 1. The van der Waals surface area contributed by atoms with Gasteiger partial charge in [0.15, 0.2) is 11.5 Å². The van der Waals surface area contributed by atoms with E-state index in [-0.39, 0.29) is 22.7 Å². The first kappa shape index (κ1) is 23.2. The van der Waals surface area contributed by atoms with Crippen LogP contribution in [0.25, 0.3) is 11.5 Å². The van der Waals surface area contributed by atoms with E-state index in [4.69, 9.17) is 13.9 Å². The Hall–Kier alpha value is -3.44. The number of ether oxygens (including phenoxy) is 2. The summed E-state index contributed by atoms with van der Waals surface area (Å²) in [7, 11) is 2.44. The Morgan fingerprint density at radius 3 is 2.28 bits per heavy atom. The van der Waals surface area contributed by atoms with Crippen LogP contribution in [-0.2, 0) is 10.0 Å². The smallest absolute Gasteiger partial charge is 0.309 e. The maximum Gasteiger partial charge on any atom is 0.309 e. The number of aromatic nitrogens is 2. The first-order valence-electron chi connectivity index (χ1n) is 9.56. The number of methoxy groups -OCH3 is 2.